The summed E-state index contributed by atoms with van der Waals surface area (Å²) in [7, 11) is -4.44. The second-order valence-corrected chi connectivity index (χ2v) is 6.53. The zero-order valence-corrected chi connectivity index (χ0v) is 13.1. The van der Waals surface area contributed by atoms with Gasteiger partial charge in [-0.25, -0.2) is 0 Å². The predicted octanol–water partition coefficient (Wildman–Crippen LogP) is 1.81. The van der Waals surface area contributed by atoms with Crippen LogP contribution < -0.4 is 0 Å². The lowest BCUT2D eigenvalue weighted by atomic mass is 10.4. The number of rotatable bonds is 9. The molecule has 0 saturated carbocycles. The summed E-state index contributed by atoms with van der Waals surface area (Å²) in [6.45, 7) is 5.13. The van der Waals surface area contributed by atoms with Crippen molar-refractivity contribution in [3.63, 3.8) is 0 Å². The van der Waals surface area contributed by atoms with Crippen LogP contribution in [0.1, 0.15) is 19.8 Å². The molecular formula is C11H20NO6PS. The Morgan fingerprint density at radius 2 is 2.10 bits per heavy atom. The van der Waals surface area contributed by atoms with Crippen molar-refractivity contribution in [3.05, 3.63) is 12.7 Å². The average Bonchev–Trinajstić information content (AvgIpc) is 2.33. The van der Waals surface area contributed by atoms with Gasteiger partial charge < -0.3 is 19.4 Å². The van der Waals surface area contributed by atoms with Crippen LogP contribution in [0, 0.1) is 0 Å². The monoisotopic (exact) mass is 325 g/mol. The molecule has 7 nitrogen and oxygen atoms in total. The molecule has 0 rings (SSSR count). The smallest absolute Gasteiger partial charge is 0.344 e. The number of amides is 1. The molecule has 0 spiro atoms. The fourth-order valence-electron chi connectivity index (χ4n) is 1.15. The van der Waals surface area contributed by atoms with Crippen molar-refractivity contribution in [1.29, 1.82) is 0 Å². The minimum atomic E-state index is -4.44. The van der Waals surface area contributed by atoms with Crippen LogP contribution in [0.25, 0.3) is 0 Å². The van der Waals surface area contributed by atoms with Gasteiger partial charge in [0.25, 0.3) is 5.24 Å². The van der Waals surface area contributed by atoms with Gasteiger partial charge in [0.15, 0.2) is 0 Å². The third-order valence-electron chi connectivity index (χ3n) is 2.02. The van der Waals surface area contributed by atoms with Crippen molar-refractivity contribution < 1.29 is 28.7 Å². The van der Waals surface area contributed by atoms with Gasteiger partial charge in [0.2, 0.25) is 0 Å². The minimum absolute atomic E-state index is 0.229. The van der Waals surface area contributed by atoms with Crippen LogP contribution in [0.3, 0.4) is 0 Å². The summed E-state index contributed by atoms with van der Waals surface area (Å²) < 4.78 is 15.8. The van der Waals surface area contributed by atoms with Crippen molar-refractivity contribution in [1.82, 2.24) is 4.90 Å². The topological polar surface area (TPSA) is 104 Å². The van der Waals surface area contributed by atoms with Crippen molar-refractivity contribution in [2.24, 2.45) is 0 Å². The molecule has 0 aromatic carbocycles. The van der Waals surface area contributed by atoms with Gasteiger partial charge in [0.1, 0.15) is 12.8 Å². The van der Waals surface area contributed by atoms with Crippen molar-refractivity contribution in [3.8, 4) is 0 Å². The summed E-state index contributed by atoms with van der Waals surface area (Å²) in [5, 5.41) is -0.597. The van der Waals surface area contributed by atoms with Crippen molar-refractivity contribution in [2.45, 2.75) is 19.8 Å². The van der Waals surface area contributed by atoms with E-state index in [4.69, 9.17) is 14.5 Å². The highest BCUT2D eigenvalue weighted by molar-refractivity contribution is 8.13. The molecule has 0 atom stereocenters. The van der Waals surface area contributed by atoms with E-state index in [1.807, 2.05) is 6.92 Å². The van der Waals surface area contributed by atoms with Crippen LogP contribution in [0.5, 0.6) is 0 Å². The van der Waals surface area contributed by atoms with Crippen LogP contribution in [-0.2, 0) is 14.1 Å². The normalized spacial score (nSPS) is 10.9. The minimum Gasteiger partial charge on any atom is -0.464 e. The van der Waals surface area contributed by atoms with E-state index in [-0.39, 0.29) is 6.61 Å². The Labute approximate surface area is 122 Å². The van der Waals surface area contributed by atoms with Crippen LogP contribution in [-0.4, -0.2) is 51.1 Å². The third kappa shape index (κ3) is 10.0. The van der Waals surface area contributed by atoms with E-state index in [1.165, 1.54) is 6.08 Å². The maximum absolute atomic E-state index is 11.7. The fraction of sp³-hybridized carbons (Fsp3) is 0.636. The molecule has 2 N–H and O–H groups in total. The number of nitrogens with zero attached hydrogens (tertiary/aromatic N) is 1. The number of ether oxygens (including phenoxy) is 1. The first-order valence-electron chi connectivity index (χ1n) is 6.03. The van der Waals surface area contributed by atoms with Crippen LogP contribution >= 0.6 is 19.4 Å². The number of hydrogen-bond donors (Lipinski definition) is 2. The lowest BCUT2D eigenvalue weighted by Crippen LogP contribution is -2.35. The average molecular weight is 325 g/mol. The molecule has 1 amide bonds. The van der Waals surface area contributed by atoms with Gasteiger partial charge in [-0.1, -0.05) is 31.2 Å². The molecule has 0 radical (unpaired) electrons. The third-order valence-corrected chi connectivity index (χ3v) is 3.64. The molecule has 20 heavy (non-hydrogen) atoms. The highest BCUT2D eigenvalue weighted by Crippen LogP contribution is 2.35. The number of unbranched alkanes of at least 4 members (excludes halogenated alkanes) is 1. The molecular weight excluding hydrogens is 305 g/mol. The first-order chi connectivity index (χ1) is 9.30. The standard InChI is InChI=1S/C11H20NO6PS/c1-3-5-6-18-10(13)8-12(9-19(15,16)17)11(14)20-7-4-2/h4H,2-3,5-9H2,1H3,(H2,15,16,17). The summed E-state index contributed by atoms with van der Waals surface area (Å²) in [5.41, 5.74) is 0. The molecule has 0 saturated heterocycles. The number of carbonyl (C=O) groups excluding carboxylic acids is 2. The quantitative estimate of drug-likeness (QED) is 0.288. The Hall–Kier alpha value is -0.820. The number of carbonyl (C=O) groups is 2. The molecule has 0 aliphatic rings. The van der Waals surface area contributed by atoms with Gasteiger partial charge in [0, 0.05) is 5.75 Å². The lowest BCUT2D eigenvalue weighted by molar-refractivity contribution is -0.144. The maximum atomic E-state index is 11.7. The van der Waals surface area contributed by atoms with E-state index in [1.54, 1.807) is 0 Å². The Morgan fingerprint density at radius 3 is 2.60 bits per heavy atom. The molecule has 0 fully saturated rings. The van der Waals surface area contributed by atoms with E-state index in [9.17, 15) is 14.2 Å². The molecule has 0 bridgehead atoms. The largest absolute Gasteiger partial charge is 0.464 e. The van der Waals surface area contributed by atoms with E-state index < -0.39 is 31.6 Å². The molecule has 116 valence electrons. The van der Waals surface area contributed by atoms with Gasteiger partial charge in [-0.2, -0.15) is 0 Å². The van der Waals surface area contributed by atoms with Crippen molar-refractivity contribution in [2.75, 3.05) is 25.2 Å². The molecule has 0 aliphatic heterocycles. The Morgan fingerprint density at radius 1 is 1.45 bits per heavy atom. The van der Waals surface area contributed by atoms with Gasteiger partial charge >= 0.3 is 13.6 Å². The Kier molecular flexibility index (Phi) is 9.58. The highest BCUT2D eigenvalue weighted by atomic mass is 32.2. The second kappa shape index (κ2) is 9.99. The molecule has 9 heteroatoms. The molecule has 0 aromatic heterocycles. The van der Waals surface area contributed by atoms with Crippen LogP contribution in [0.4, 0.5) is 4.79 Å². The molecule has 0 aliphatic carbocycles. The summed E-state index contributed by atoms with van der Waals surface area (Å²) >= 11 is 0.813. The predicted molar refractivity (Wildman–Crippen MR) is 77.5 cm³/mol. The number of thioether (sulfide) groups is 1. The molecule has 0 aromatic rings. The Balaban J connectivity index is 4.51. The van der Waals surface area contributed by atoms with E-state index >= 15 is 0 Å². The molecule has 0 unspecified atom stereocenters. The van der Waals surface area contributed by atoms with Gasteiger partial charge in [-0.15, -0.1) is 6.58 Å². The SMILES string of the molecule is C=CCSC(=O)N(CC(=O)OCCCC)CP(=O)(O)O. The summed E-state index contributed by atoms with van der Waals surface area (Å²) in [6.07, 6.45) is 2.23. The summed E-state index contributed by atoms with van der Waals surface area (Å²) in [5.74, 6) is -0.388. The van der Waals surface area contributed by atoms with E-state index in [0.717, 1.165) is 23.1 Å². The first-order valence-corrected chi connectivity index (χ1v) is 8.81. The van der Waals surface area contributed by atoms with Crippen LogP contribution in [0.15, 0.2) is 12.7 Å². The van der Waals surface area contributed by atoms with Gasteiger partial charge in [0.05, 0.1) is 6.61 Å². The van der Waals surface area contributed by atoms with Gasteiger partial charge in [-0.05, 0) is 6.42 Å². The zero-order chi connectivity index (χ0) is 15.6. The molecule has 0 heterocycles. The first kappa shape index (κ1) is 19.2. The highest BCUT2D eigenvalue weighted by Gasteiger charge is 2.26. The maximum Gasteiger partial charge on any atom is 0.344 e. The van der Waals surface area contributed by atoms with Crippen LogP contribution in [0.2, 0.25) is 0 Å². The van der Waals surface area contributed by atoms with E-state index in [2.05, 4.69) is 6.58 Å². The number of esters is 1. The summed E-state index contributed by atoms with van der Waals surface area (Å²) in [6, 6.07) is 0. The number of hydrogen-bond acceptors (Lipinski definition) is 5. The zero-order valence-electron chi connectivity index (χ0n) is 11.4. The Bertz CT molecular complexity index is 383. The second-order valence-electron chi connectivity index (χ2n) is 3.94. The van der Waals surface area contributed by atoms with E-state index in [0.29, 0.717) is 12.2 Å². The fourth-order valence-corrected chi connectivity index (χ4v) is 2.49. The summed E-state index contributed by atoms with van der Waals surface area (Å²) in [4.78, 5) is 41.9. The van der Waals surface area contributed by atoms with Gasteiger partial charge in [-0.3, -0.25) is 14.2 Å². The lowest BCUT2D eigenvalue weighted by Gasteiger charge is -2.21. The van der Waals surface area contributed by atoms with Crippen molar-refractivity contribution >= 4 is 30.6 Å².